The molecule has 1 aliphatic rings. The fraction of sp³-hybridized carbons (Fsp3) is 0.478. The Kier molecular flexibility index (Phi) is 8.20. The van der Waals surface area contributed by atoms with E-state index < -0.39 is 17.2 Å². The molecule has 2 aromatic carbocycles. The number of β-amino-alcohol motifs (C(OH)–C–C–N with tert-alkyl or cyclic N) is 1. The zero-order valence-electron chi connectivity index (χ0n) is 18.0. The van der Waals surface area contributed by atoms with Gasteiger partial charge in [0.1, 0.15) is 41.9 Å². The number of benzene rings is 2. The average molecular weight is 436 g/mol. The normalized spacial score (nSPS) is 19.9. The van der Waals surface area contributed by atoms with Gasteiger partial charge in [0.15, 0.2) is 0 Å². The molecule has 0 aliphatic carbocycles. The van der Waals surface area contributed by atoms with Gasteiger partial charge in [0, 0.05) is 44.4 Å². The molecule has 0 saturated carbocycles. The first kappa shape index (κ1) is 23.4. The fourth-order valence-electron chi connectivity index (χ4n) is 3.39. The van der Waals surface area contributed by atoms with E-state index in [2.05, 4.69) is 9.80 Å². The summed E-state index contributed by atoms with van der Waals surface area (Å²) in [5, 5.41) is 11.0. The molecule has 0 bridgehead atoms. The lowest BCUT2D eigenvalue weighted by atomic mass is 10.1. The molecule has 1 aliphatic heterocycles. The zero-order chi connectivity index (χ0) is 22.3. The van der Waals surface area contributed by atoms with Crippen LogP contribution in [0.25, 0.3) is 0 Å². The number of aliphatic hydroxyl groups is 1. The molecule has 1 atom stereocenters. The van der Waals surface area contributed by atoms with Gasteiger partial charge in [-0.05, 0) is 31.8 Å². The van der Waals surface area contributed by atoms with Gasteiger partial charge in [0.2, 0.25) is 0 Å². The molecule has 170 valence electrons. The minimum atomic E-state index is -1.31. The Morgan fingerprint density at radius 1 is 1.10 bits per heavy atom. The van der Waals surface area contributed by atoms with E-state index >= 15 is 0 Å². The number of halogens is 2. The van der Waals surface area contributed by atoms with Crippen LogP contribution in [0.1, 0.15) is 5.56 Å². The lowest BCUT2D eigenvalue weighted by Crippen LogP contribution is -2.48. The molecule has 0 aromatic heterocycles. The summed E-state index contributed by atoms with van der Waals surface area (Å²) in [6.45, 7) is 3.39. The molecule has 1 heterocycles. The largest absolute Gasteiger partial charge is 0.492 e. The van der Waals surface area contributed by atoms with E-state index in [1.807, 2.05) is 38.4 Å². The van der Waals surface area contributed by atoms with Crippen molar-refractivity contribution in [1.82, 2.24) is 9.80 Å². The second-order valence-corrected chi connectivity index (χ2v) is 8.18. The van der Waals surface area contributed by atoms with Crippen LogP contribution < -0.4 is 9.47 Å². The third-order valence-electron chi connectivity index (χ3n) is 4.90. The lowest BCUT2D eigenvalue weighted by Gasteiger charge is -2.30. The number of hydrogen-bond acceptors (Lipinski definition) is 6. The SMILES string of the molecule is CN(C)CCOc1cccc(CN2CCOCC(O)(COc3cc(F)cc(F)c3)C2)c1. The molecule has 6 nitrogen and oxygen atoms in total. The van der Waals surface area contributed by atoms with Gasteiger partial charge in [-0.1, -0.05) is 12.1 Å². The van der Waals surface area contributed by atoms with Crippen LogP contribution in [0.15, 0.2) is 42.5 Å². The number of nitrogens with zero attached hydrogens (tertiary/aromatic N) is 2. The van der Waals surface area contributed by atoms with Gasteiger partial charge >= 0.3 is 0 Å². The van der Waals surface area contributed by atoms with Crippen LogP contribution >= 0.6 is 0 Å². The quantitative estimate of drug-likeness (QED) is 0.652. The van der Waals surface area contributed by atoms with E-state index in [4.69, 9.17) is 14.2 Å². The van der Waals surface area contributed by atoms with Crippen molar-refractivity contribution < 1.29 is 28.1 Å². The Morgan fingerprint density at radius 3 is 2.61 bits per heavy atom. The van der Waals surface area contributed by atoms with Crippen molar-refractivity contribution in [2.75, 3.05) is 60.2 Å². The lowest BCUT2D eigenvalue weighted by molar-refractivity contribution is -0.0647. The van der Waals surface area contributed by atoms with Crippen molar-refractivity contribution in [3.8, 4) is 11.5 Å². The third kappa shape index (κ3) is 7.74. The van der Waals surface area contributed by atoms with E-state index in [0.29, 0.717) is 32.8 Å². The van der Waals surface area contributed by atoms with Crippen molar-refractivity contribution in [3.63, 3.8) is 0 Å². The first-order valence-electron chi connectivity index (χ1n) is 10.3. The van der Waals surface area contributed by atoms with Crippen LogP contribution in [0.2, 0.25) is 0 Å². The van der Waals surface area contributed by atoms with Gasteiger partial charge in [-0.2, -0.15) is 0 Å². The average Bonchev–Trinajstić information content (AvgIpc) is 2.87. The highest BCUT2D eigenvalue weighted by molar-refractivity contribution is 5.28. The topological polar surface area (TPSA) is 54.4 Å². The molecular formula is C23H30F2N2O4. The van der Waals surface area contributed by atoms with Crippen LogP contribution in [0.3, 0.4) is 0 Å². The molecule has 0 spiro atoms. The highest BCUT2D eigenvalue weighted by Gasteiger charge is 2.33. The summed E-state index contributed by atoms with van der Waals surface area (Å²) in [6.07, 6.45) is 0. The van der Waals surface area contributed by atoms with Crippen molar-refractivity contribution in [2.45, 2.75) is 12.1 Å². The first-order valence-corrected chi connectivity index (χ1v) is 10.3. The van der Waals surface area contributed by atoms with Crippen LogP contribution in [0.5, 0.6) is 11.5 Å². The summed E-state index contributed by atoms with van der Waals surface area (Å²) in [5.74, 6) is -0.622. The van der Waals surface area contributed by atoms with Crippen LogP contribution in [-0.2, 0) is 11.3 Å². The van der Waals surface area contributed by atoms with Gasteiger partial charge in [-0.25, -0.2) is 8.78 Å². The van der Waals surface area contributed by atoms with E-state index in [1.54, 1.807) is 0 Å². The summed E-state index contributed by atoms with van der Waals surface area (Å²) in [5.41, 5.74) is -0.251. The van der Waals surface area contributed by atoms with Crippen LogP contribution in [0.4, 0.5) is 8.78 Å². The predicted octanol–water partition coefficient (Wildman–Crippen LogP) is 2.55. The molecule has 1 N–H and O–H groups in total. The monoisotopic (exact) mass is 436 g/mol. The van der Waals surface area contributed by atoms with E-state index in [9.17, 15) is 13.9 Å². The smallest absolute Gasteiger partial charge is 0.134 e. The summed E-state index contributed by atoms with van der Waals surface area (Å²) in [7, 11) is 3.99. The maximum atomic E-state index is 13.4. The summed E-state index contributed by atoms with van der Waals surface area (Å²) < 4.78 is 43.6. The van der Waals surface area contributed by atoms with Gasteiger partial charge in [0.25, 0.3) is 0 Å². The van der Waals surface area contributed by atoms with Gasteiger partial charge in [-0.3, -0.25) is 4.90 Å². The summed E-state index contributed by atoms with van der Waals surface area (Å²) in [6, 6.07) is 10.8. The Hall–Kier alpha value is -2.26. The van der Waals surface area contributed by atoms with E-state index in [0.717, 1.165) is 36.1 Å². The van der Waals surface area contributed by atoms with Crippen molar-refractivity contribution >= 4 is 0 Å². The zero-order valence-corrected chi connectivity index (χ0v) is 18.0. The molecule has 0 amide bonds. The van der Waals surface area contributed by atoms with Crippen molar-refractivity contribution in [3.05, 3.63) is 59.7 Å². The molecule has 8 heteroatoms. The molecule has 31 heavy (non-hydrogen) atoms. The number of ether oxygens (including phenoxy) is 3. The fourth-order valence-corrected chi connectivity index (χ4v) is 3.39. The minimum absolute atomic E-state index is 0.0318. The van der Waals surface area contributed by atoms with Gasteiger partial charge in [-0.15, -0.1) is 0 Å². The summed E-state index contributed by atoms with van der Waals surface area (Å²) >= 11 is 0. The van der Waals surface area contributed by atoms with Crippen LogP contribution in [-0.4, -0.2) is 80.7 Å². The molecule has 0 radical (unpaired) electrons. The van der Waals surface area contributed by atoms with E-state index in [1.165, 1.54) is 0 Å². The van der Waals surface area contributed by atoms with Gasteiger partial charge < -0.3 is 24.2 Å². The Labute approximate surface area is 181 Å². The first-order chi connectivity index (χ1) is 14.8. The maximum absolute atomic E-state index is 13.4. The molecular weight excluding hydrogens is 406 g/mol. The molecule has 2 aromatic rings. The highest BCUT2D eigenvalue weighted by atomic mass is 19.1. The standard InChI is InChI=1S/C23H30F2N2O4/c1-26(2)6-9-30-21-5-3-4-18(10-21)14-27-7-8-29-16-23(28,15-27)17-31-22-12-19(24)11-20(25)13-22/h3-5,10-13,28H,6-9,14-17H2,1-2H3. The van der Waals surface area contributed by atoms with Gasteiger partial charge in [0.05, 0.1) is 13.2 Å². The minimum Gasteiger partial charge on any atom is -0.492 e. The summed E-state index contributed by atoms with van der Waals surface area (Å²) in [4.78, 5) is 4.13. The molecule has 1 fully saturated rings. The third-order valence-corrected chi connectivity index (χ3v) is 4.90. The molecule has 1 unspecified atom stereocenters. The molecule has 1 saturated heterocycles. The Bertz CT molecular complexity index is 832. The number of hydrogen-bond donors (Lipinski definition) is 1. The van der Waals surface area contributed by atoms with Crippen molar-refractivity contribution in [2.24, 2.45) is 0 Å². The maximum Gasteiger partial charge on any atom is 0.134 e. The number of rotatable bonds is 9. The van der Waals surface area contributed by atoms with Crippen LogP contribution in [0, 0.1) is 11.6 Å². The van der Waals surface area contributed by atoms with Crippen molar-refractivity contribution in [1.29, 1.82) is 0 Å². The Balaban J connectivity index is 1.59. The second kappa shape index (κ2) is 10.9. The Morgan fingerprint density at radius 2 is 1.87 bits per heavy atom. The van der Waals surface area contributed by atoms with E-state index in [-0.39, 0.29) is 19.0 Å². The number of likely N-dealkylation sites (N-methyl/N-ethyl adjacent to an activating group) is 1. The molecule has 3 rings (SSSR count). The second-order valence-electron chi connectivity index (χ2n) is 8.18. The predicted molar refractivity (Wildman–Crippen MR) is 113 cm³/mol. The highest BCUT2D eigenvalue weighted by Crippen LogP contribution is 2.21.